The van der Waals surface area contributed by atoms with Crippen LogP contribution in [0.3, 0.4) is 0 Å². The van der Waals surface area contributed by atoms with Crippen LogP contribution < -0.4 is 9.64 Å². The summed E-state index contributed by atoms with van der Waals surface area (Å²) in [5, 5.41) is 11.5. The van der Waals surface area contributed by atoms with Crippen molar-refractivity contribution in [1.29, 1.82) is 0 Å². The lowest BCUT2D eigenvalue weighted by molar-refractivity contribution is -0.132. The first kappa shape index (κ1) is 25.0. The van der Waals surface area contributed by atoms with Crippen molar-refractivity contribution < 1.29 is 19.4 Å². The summed E-state index contributed by atoms with van der Waals surface area (Å²) < 4.78 is 5.98. The zero-order valence-corrected chi connectivity index (χ0v) is 21.6. The van der Waals surface area contributed by atoms with Gasteiger partial charge >= 0.3 is 0 Å². The Bertz CT molecular complexity index is 1540. The van der Waals surface area contributed by atoms with Crippen molar-refractivity contribution in [2.45, 2.75) is 33.4 Å². The number of aliphatic hydroxyl groups is 1. The van der Waals surface area contributed by atoms with E-state index in [0.29, 0.717) is 23.6 Å². The fraction of sp³-hybridized carbons (Fsp3) is 0.152. The molecular formula is C33H29NO4. The normalized spacial score (nSPS) is 16.6. The highest BCUT2D eigenvalue weighted by Crippen LogP contribution is 2.43. The fourth-order valence-electron chi connectivity index (χ4n) is 4.96. The third-order valence-electron chi connectivity index (χ3n) is 6.86. The number of ether oxygens (including phenoxy) is 1. The monoisotopic (exact) mass is 503 g/mol. The van der Waals surface area contributed by atoms with Crippen LogP contribution >= 0.6 is 0 Å². The number of amides is 1. The topological polar surface area (TPSA) is 66.8 Å². The molecule has 0 aromatic heterocycles. The molecule has 5 heteroatoms. The van der Waals surface area contributed by atoms with Crippen LogP contribution in [0.1, 0.15) is 39.4 Å². The third-order valence-corrected chi connectivity index (χ3v) is 6.86. The number of carbonyl (C=O) groups excluding carboxylic acids is 2. The number of nitrogens with zero attached hydrogens (tertiary/aromatic N) is 1. The number of hydrogen-bond acceptors (Lipinski definition) is 4. The Kier molecular flexibility index (Phi) is 6.84. The first-order valence-corrected chi connectivity index (χ1v) is 12.6. The van der Waals surface area contributed by atoms with E-state index in [2.05, 4.69) is 0 Å². The second kappa shape index (κ2) is 10.4. The van der Waals surface area contributed by atoms with Gasteiger partial charge in [0.2, 0.25) is 0 Å². The van der Waals surface area contributed by atoms with Gasteiger partial charge in [0.15, 0.2) is 0 Å². The average Bonchev–Trinajstić information content (AvgIpc) is 3.18. The van der Waals surface area contributed by atoms with Gasteiger partial charge in [-0.2, -0.15) is 0 Å². The minimum Gasteiger partial charge on any atom is -0.507 e. The van der Waals surface area contributed by atoms with E-state index in [0.717, 1.165) is 27.8 Å². The zero-order valence-electron chi connectivity index (χ0n) is 21.6. The predicted molar refractivity (Wildman–Crippen MR) is 149 cm³/mol. The minimum absolute atomic E-state index is 0.0681. The largest absolute Gasteiger partial charge is 0.507 e. The molecule has 0 radical (unpaired) electrons. The summed E-state index contributed by atoms with van der Waals surface area (Å²) in [6, 6.07) is 29.5. The number of aliphatic hydroxyl groups excluding tert-OH is 1. The van der Waals surface area contributed by atoms with Gasteiger partial charge in [-0.05, 0) is 67.3 Å². The van der Waals surface area contributed by atoms with Gasteiger partial charge in [-0.1, -0.05) is 78.4 Å². The SMILES string of the molecule is Cc1ccc(N2C(=O)C(=O)/C(=C(/O)c3ccc(OCc4ccccc4)c(C)c3)C2c2ccccc2)c(C)c1. The van der Waals surface area contributed by atoms with E-state index in [1.807, 2.05) is 99.6 Å². The predicted octanol–water partition coefficient (Wildman–Crippen LogP) is 6.82. The molecule has 1 N–H and O–H groups in total. The maximum absolute atomic E-state index is 13.4. The van der Waals surface area contributed by atoms with Gasteiger partial charge in [0, 0.05) is 11.3 Å². The van der Waals surface area contributed by atoms with Crippen LogP contribution in [-0.4, -0.2) is 16.8 Å². The number of hydrogen-bond donors (Lipinski definition) is 1. The molecule has 1 aliphatic rings. The molecule has 1 saturated heterocycles. The molecule has 1 heterocycles. The lowest BCUT2D eigenvalue weighted by Gasteiger charge is -2.27. The van der Waals surface area contributed by atoms with E-state index in [4.69, 9.17) is 4.74 Å². The Morgan fingerprint density at radius 3 is 2.16 bits per heavy atom. The van der Waals surface area contributed by atoms with E-state index >= 15 is 0 Å². The van der Waals surface area contributed by atoms with E-state index < -0.39 is 17.7 Å². The quantitative estimate of drug-likeness (QED) is 0.178. The maximum atomic E-state index is 13.4. The van der Waals surface area contributed by atoms with Gasteiger partial charge in [0.05, 0.1) is 11.6 Å². The molecule has 1 fully saturated rings. The summed E-state index contributed by atoms with van der Waals surface area (Å²) in [4.78, 5) is 28.4. The van der Waals surface area contributed by atoms with Crippen molar-refractivity contribution in [2.24, 2.45) is 0 Å². The van der Waals surface area contributed by atoms with Gasteiger partial charge in [0.1, 0.15) is 18.1 Å². The molecule has 38 heavy (non-hydrogen) atoms. The summed E-state index contributed by atoms with van der Waals surface area (Å²) in [6.07, 6.45) is 0. The number of anilines is 1. The first-order chi connectivity index (χ1) is 18.3. The Balaban J connectivity index is 1.56. The number of Topliss-reactive ketones (excluding diaryl/α,β-unsaturated/α-hetero) is 1. The fourth-order valence-corrected chi connectivity index (χ4v) is 4.96. The Hall–Kier alpha value is -4.64. The Morgan fingerprint density at radius 1 is 0.816 bits per heavy atom. The molecule has 5 nitrogen and oxygen atoms in total. The second-order valence-electron chi connectivity index (χ2n) is 9.62. The molecule has 4 aromatic rings. The molecule has 0 aliphatic carbocycles. The first-order valence-electron chi connectivity index (χ1n) is 12.6. The van der Waals surface area contributed by atoms with Gasteiger partial charge in [-0.15, -0.1) is 0 Å². The summed E-state index contributed by atoms with van der Waals surface area (Å²) >= 11 is 0. The van der Waals surface area contributed by atoms with E-state index in [-0.39, 0.29) is 11.3 Å². The molecule has 190 valence electrons. The van der Waals surface area contributed by atoms with Gasteiger partial charge in [0.25, 0.3) is 11.7 Å². The number of ketones is 1. The van der Waals surface area contributed by atoms with Gasteiger partial charge in [-0.25, -0.2) is 0 Å². The van der Waals surface area contributed by atoms with E-state index in [1.165, 1.54) is 4.90 Å². The number of rotatable bonds is 6. The van der Waals surface area contributed by atoms with Crippen LogP contribution in [-0.2, 0) is 16.2 Å². The third kappa shape index (κ3) is 4.71. The Morgan fingerprint density at radius 2 is 1.50 bits per heavy atom. The zero-order chi connectivity index (χ0) is 26.8. The van der Waals surface area contributed by atoms with E-state index in [1.54, 1.807) is 18.2 Å². The molecular weight excluding hydrogens is 474 g/mol. The molecule has 1 amide bonds. The van der Waals surface area contributed by atoms with Crippen molar-refractivity contribution in [3.63, 3.8) is 0 Å². The number of carbonyl (C=O) groups is 2. The molecule has 0 saturated carbocycles. The molecule has 1 unspecified atom stereocenters. The molecule has 1 atom stereocenters. The summed E-state index contributed by atoms with van der Waals surface area (Å²) in [7, 11) is 0. The van der Waals surface area contributed by atoms with Crippen molar-refractivity contribution in [2.75, 3.05) is 4.90 Å². The van der Waals surface area contributed by atoms with Crippen LogP contribution in [0.25, 0.3) is 5.76 Å². The van der Waals surface area contributed by atoms with Gasteiger partial charge < -0.3 is 9.84 Å². The second-order valence-corrected chi connectivity index (χ2v) is 9.62. The highest BCUT2D eigenvalue weighted by Gasteiger charge is 2.47. The van der Waals surface area contributed by atoms with Crippen LogP contribution in [0.15, 0.2) is 103 Å². The summed E-state index contributed by atoms with van der Waals surface area (Å²) in [5.74, 6) is -0.895. The summed E-state index contributed by atoms with van der Waals surface area (Å²) in [5.41, 5.74) is 5.71. The van der Waals surface area contributed by atoms with E-state index in [9.17, 15) is 14.7 Å². The van der Waals surface area contributed by atoms with Crippen LogP contribution in [0.4, 0.5) is 5.69 Å². The van der Waals surface area contributed by atoms with Crippen molar-refractivity contribution in [3.05, 3.63) is 136 Å². The average molecular weight is 504 g/mol. The summed E-state index contributed by atoms with van der Waals surface area (Å²) in [6.45, 7) is 6.21. The molecule has 0 bridgehead atoms. The standard InChI is InChI=1S/C33H29NO4/c1-21-14-16-27(22(2)18-21)34-30(25-12-8-5-9-13-25)29(32(36)33(34)37)31(35)26-15-17-28(23(3)19-26)38-20-24-10-6-4-7-11-24/h4-19,30,35H,20H2,1-3H3/b31-29+. The van der Waals surface area contributed by atoms with Crippen molar-refractivity contribution >= 4 is 23.1 Å². The number of aryl methyl sites for hydroxylation is 3. The molecule has 4 aromatic carbocycles. The molecule has 0 spiro atoms. The Labute approximate surface area is 222 Å². The molecule has 5 rings (SSSR count). The number of benzene rings is 4. The highest BCUT2D eigenvalue weighted by molar-refractivity contribution is 6.51. The minimum atomic E-state index is -0.757. The smallest absolute Gasteiger partial charge is 0.300 e. The van der Waals surface area contributed by atoms with Crippen molar-refractivity contribution in [3.8, 4) is 5.75 Å². The molecule has 1 aliphatic heterocycles. The highest BCUT2D eigenvalue weighted by atomic mass is 16.5. The van der Waals surface area contributed by atoms with Crippen LogP contribution in [0.2, 0.25) is 0 Å². The lowest BCUT2D eigenvalue weighted by atomic mass is 9.94. The van der Waals surface area contributed by atoms with Gasteiger partial charge in [-0.3, -0.25) is 14.5 Å². The lowest BCUT2D eigenvalue weighted by Crippen LogP contribution is -2.30. The van der Waals surface area contributed by atoms with Crippen LogP contribution in [0.5, 0.6) is 5.75 Å². The van der Waals surface area contributed by atoms with Crippen LogP contribution in [0, 0.1) is 20.8 Å². The van der Waals surface area contributed by atoms with Crippen molar-refractivity contribution in [1.82, 2.24) is 0 Å². The maximum Gasteiger partial charge on any atom is 0.300 e.